The number of aromatic hydroxyl groups is 1. The predicted octanol–water partition coefficient (Wildman–Crippen LogP) is 2.67. The van der Waals surface area contributed by atoms with E-state index in [1.54, 1.807) is 13.3 Å². The maximum atomic E-state index is 9.92. The van der Waals surface area contributed by atoms with Gasteiger partial charge in [0.25, 0.3) is 0 Å². The highest BCUT2D eigenvalue weighted by Crippen LogP contribution is 2.30. The van der Waals surface area contributed by atoms with E-state index in [1.165, 1.54) is 5.56 Å². The fourth-order valence-electron chi connectivity index (χ4n) is 1.61. The molecular formula is C12H17NO. The van der Waals surface area contributed by atoms with E-state index in [9.17, 15) is 5.11 Å². The highest BCUT2D eigenvalue weighted by Gasteiger charge is 2.12. The van der Waals surface area contributed by atoms with E-state index in [-0.39, 0.29) is 0 Å². The number of hydrogen-bond acceptors (Lipinski definition) is 2. The minimum atomic E-state index is 0.358. The molecule has 0 atom stereocenters. The van der Waals surface area contributed by atoms with E-state index in [2.05, 4.69) is 11.9 Å². The number of phenolic OH excluding ortho intramolecular Hbond substituents is 1. The first-order chi connectivity index (χ1) is 6.50. The second-order valence-corrected chi connectivity index (χ2v) is 3.65. The molecule has 0 spiro atoms. The van der Waals surface area contributed by atoms with Crippen molar-refractivity contribution in [2.75, 3.05) is 7.05 Å². The Morgan fingerprint density at radius 1 is 0.929 bits per heavy atom. The van der Waals surface area contributed by atoms with Crippen molar-refractivity contribution in [2.45, 2.75) is 27.7 Å². The van der Waals surface area contributed by atoms with Gasteiger partial charge in [0.05, 0.1) is 0 Å². The third kappa shape index (κ3) is 1.52. The third-order valence-corrected chi connectivity index (χ3v) is 2.96. The topological polar surface area (TPSA) is 32.6 Å². The molecule has 0 unspecified atom stereocenters. The van der Waals surface area contributed by atoms with Gasteiger partial charge in [0.1, 0.15) is 5.75 Å². The molecule has 0 radical (unpaired) electrons. The van der Waals surface area contributed by atoms with Crippen LogP contribution in [0.3, 0.4) is 0 Å². The average molecular weight is 191 g/mol. The van der Waals surface area contributed by atoms with Crippen LogP contribution in [0.25, 0.3) is 0 Å². The summed E-state index contributed by atoms with van der Waals surface area (Å²) in [4.78, 5) is 3.95. The molecule has 76 valence electrons. The molecule has 0 aromatic heterocycles. The normalized spacial score (nSPS) is 11.2. The molecule has 0 saturated heterocycles. The van der Waals surface area contributed by atoms with Gasteiger partial charge in [-0.25, -0.2) is 0 Å². The van der Waals surface area contributed by atoms with Gasteiger partial charge in [0.2, 0.25) is 0 Å². The number of rotatable bonds is 1. The van der Waals surface area contributed by atoms with Crippen molar-refractivity contribution in [3.63, 3.8) is 0 Å². The standard InChI is InChI=1S/C12H17NO/c1-7-8(2)10(4)12(14)11(6-13-5)9(7)3/h6,14H,1-5H3. The van der Waals surface area contributed by atoms with Crippen LogP contribution in [0.5, 0.6) is 5.75 Å². The summed E-state index contributed by atoms with van der Waals surface area (Å²) in [6, 6.07) is 0. The summed E-state index contributed by atoms with van der Waals surface area (Å²) < 4.78 is 0. The Morgan fingerprint density at radius 2 is 1.43 bits per heavy atom. The summed E-state index contributed by atoms with van der Waals surface area (Å²) in [5.41, 5.74) is 5.29. The van der Waals surface area contributed by atoms with Crippen molar-refractivity contribution in [1.29, 1.82) is 0 Å². The molecule has 0 fully saturated rings. The van der Waals surface area contributed by atoms with Crippen molar-refractivity contribution < 1.29 is 5.11 Å². The summed E-state index contributed by atoms with van der Waals surface area (Å²) in [5.74, 6) is 0.358. The average Bonchev–Trinajstić information content (AvgIpc) is 2.19. The van der Waals surface area contributed by atoms with Gasteiger partial charge in [0.15, 0.2) is 0 Å². The van der Waals surface area contributed by atoms with Crippen LogP contribution in [0.4, 0.5) is 0 Å². The van der Waals surface area contributed by atoms with E-state index in [4.69, 9.17) is 0 Å². The lowest BCUT2D eigenvalue weighted by molar-refractivity contribution is 0.469. The van der Waals surface area contributed by atoms with Gasteiger partial charge in [-0.15, -0.1) is 0 Å². The van der Waals surface area contributed by atoms with Gasteiger partial charge in [-0.1, -0.05) is 0 Å². The molecule has 1 aromatic rings. The zero-order valence-electron chi connectivity index (χ0n) is 9.47. The molecule has 0 aliphatic carbocycles. The summed E-state index contributed by atoms with van der Waals surface area (Å²) in [6.07, 6.45) is 1.71. The number of hydrogen-bond donors (Lipinski definition) is 1. The number of benzene rings is 1. The van der Waals surface area contributed by atoms with Crippen LogP contribution in [0.1, 0.15) is 27.8 Å². The first-order valence-corrected chi connectivity index (χ1v) is 4.72. The maximum Gasteiger partial charge on any atom is 0.127 e. The molecule has 1 rings (SSSR count). The zero-order valence-corrected chi connectivity index (χ0v) is 9.47. The molecule has 0 aliphatic heterocycles. The highest BCUT2D eigenvalue weighted by atomic mass is 16.3. The molecule has 1 N–H and O–H groups in total. The monoisotopic (exact) mass is 191 g/mol. The Kier molecular flexibility index (Phi) is 2.94. The lowest BCUT2D eigenvalue weighted by atomic mass is 9.94. The van der Waals surface area contributed by atoms with Gasteiger partial charge in [-0.05, 0) is 49.9 Å². The second kappa shape index (κ2) is 3.82. The molecule has 0 aliphatic rings. The van der Waals surface area contributed by atoms with Crippen molar-refractivity contribution >= 4 is 6.21 Å². The van der Waals surface area contributed by atoms with Crippen molar-refractivity contribution in [1.82, 2.24) is 0 Å². The minimum absolute atomic E-state index is 0.358. The molecule has 14 heavy (non-hydrogen) atoms. The van der Waals surface area contributed by atoms with Crippen LogP contribution in [-0.2, 0) is 0 Å². The maximum absolute atomic E-state index is 9.92. The van der Waals surface area contributed by atoms with Crippen LogP contribution in [0, 0.1) is 27.7 Å². The van der Waals surface area contributed by atoms with Crippen molar-refractivity contribution in [3.05, 3.63) is 27.8 Å². The minimum Gasteiger partial charge on any atom is -0.507 e. The van der Waals surface area contributed by atoms with Gasteiger partial charge in [-0.2, -0.15) is 0 Å². The Morgan fingerprint density at radius 3 is 1.93 bits per heavy atom. The largest absolute Gasteiger partial charge is 0.507 e. The lowest BCUT2D eigenvalue weighted by Gasteiger charge is -2.14. The molecule has 0 heterocycles. The van der Waals surface area contributed by atoms with Crippen LogP contribution >= 0.6 is 0 Å². The van der Waals surface area contributed by atoms with Crippen LogP contribution in [0.2, 0.25) is 0 Å². The molecular weight excluding hydrogens is 174 g/mol. The summed E-state index contributed by atoms with van der Waals surface area (Å²) >= 11 is 0. The van der Waals surface area contributed by atoms with E-state index >= 15 is 0 Å². The van der Waals surface area contributed by atoms with Gasteiger partial charge in [0, 0.05) is 18.8 Å². The Balaban J connectivity index is 3.59. The van der Waals surface area contributed by atoms with E-state index < -0.39 is 0 Å². The summed E-state index contributed by atoms with van der Waals surface area (Å²) in [7, 11) is 1.71. The first-order valence-electron chi connectivity index (χ1n) is 4.72. The molecule has 1 aromatic carbocycles. The number of phenols is 1. The van der Waals surface area contributed by atoms with Gasteiger partial charge < -0.3 is 5.11 Å². The van der Waals surface area contributed by atoms with E-state index in [1.807, 2.05) is 20.8 Å². The molecule has 0 bridgehead atoms. The van der Waals surface area contributed by atoms with Gasteiger partial charge >= 0.3 is 0 Å². The number of aliphatic imine (C=N–C) groups is 1. The zero-order chi connectivity index (χ0) is 10.9. The SMILES string of the molecule is CN=Cc1c(C)c(C)c(C)c(C)c1O. The first kappa shape index (κ1) is 10.8. The fraction of sp³-hybridized carbons (Fsp3) is 0.417. The second-order valence-electron chi connectivity index (χ2n) is 3.65. The summed E-state index contributed by atoms with van der Waals surface area (Å²) in [5, 5.41) is 9.92. The van der Waals surface area contributed by atoms with Crippen LogP contribution in [0.15, 0.2) is 4.99 Å². The predicted molar refractivity (Wildman–Crippen MR) is 60.6 cm³/mol. The summed E-state index contributed by atoms with van der Waals surface area (Å²) in [6.45, 7) is 8.05. The molecule has 0 saturated carbocycles. The third-order valence-electron chi connectivity index (χ3n) is 2.96. The van der Waals surface area contributed by atoms with Crippen LogP contribution < -0.4 is 0 Å². The van der Waals surface area contributed by atoms with Crippen molar-refractivity contribution in [3.8, 4) is 5.75 Å². The molecule has 0 amide bonds. The van der Waals surface area contributed by atoms with E-state index in [0.717, 1.165) is 22.3 Å². The fourth-order valence-corrected chi connectivity index (χ4v) is 1.61. The van der Waals surface area contributed by atoms with Crippen LogP contribution in [-0.4, -0.2) is 18.4 Å². The Bertz CT molecular complexity index is 363. The highest BCUT2D eigenvalue weighted by molar-refractivity contribution is 5.87. The molecule has 2 nitrogen and oxygen atoms in total. The van der Waals surface area contributed by atoms with Gasteiger partial charge in [-0.3, -0.25) is 4.99 Å². The Hall–Kier alpha value is -1.31. The number of nitrogens with zero attached hydrogens (tertiary/aromatic N) is 1. The molecule has 2 heteroatoms. The van der Waals surface area contributed by atoms with E-state index in [0.29, 0.717) is 5.75 Å². The smallest absolute Gasteiger partial charge is 0.127 e. The lowest BCUT2D eigenvalue weighted by Crippen LogP contribution is -1.98. The Labute approximate surface area is 85.3 Å². The quantitative estimate of drug-likeness (QED) is 0.680. The van der Waals surface area contributed by atoms with Crippen molar-refractivity contribution in [2.24, 2.45) is 4.99 Å².